The summed E-state index contributed by atoms with van der Waals surface area (Å²) in [5.74, 6) is 0. The third kappa shape index (κ3) is 11.0. The highest BCUT2D eigenvalue weighted by Crippen LogP contribution is 2.46. The van der Waals surface area contributed by atoms with Crippen LogP contribution in [0.5, 0.6) is 0 Å². The third-order valence-corrected chi connectivity index (χ3v) is 24.8. The number of hydrogen-bond donors (Lipinski definition) is 0. The molecule has 0 bridgehead atoms. The molecule has 6 aromatic heterocycles. The van der Waals surface area contributed by atoms with E-state index in [0.29, 0.717) is 5.71 Å². The van der Waals surface area contributed by atoms with Crippen LogP contribution in [0.2, 0.25) is 0 Å². The fourth-order valence-electron chi connectivity index (χ4n) is 17.2. The summed E-state index contributed by atoms with van der Waals surface area (Å²) in [4.78, 5) is 15.7. The van der Waals surface area contributed by atoms with Gasteiger partial charge >= 0.3 is 0 Å². The second kappa shape index (κ2) is 26.4. The van der Waals surface area contributed by atoms with E-state index < -0.39 is 0 Å². The van der Waals surface area contributed by atoms with Crippen LogP contribution >= 0.6 is 22.7 Å². The van der Waals surface area contributed by atoms with Gasteiger partial charge in [-0.3, -0.25) is 0 Å². The van der Waals surface area contributed by atoms with Gasteiger partial charge in [0.2, 0.25) is 5.71 Å². The Balaban J connectivity index is 0.000000107. The highest BCUT2D eigenvalue weighted by atomic mass is 32.1. The van der Waals surface area contributed by atoms with Crippen LogP contribution in [0.4, 0.5) is 0 Å². The van der Waals surface area contributed by atoms with Crippen molar-refractivity contribution in [3.05, 3.63) is 382 Å². The number of rotatable bonds is 6. The number of nitrogens with zero attached hydrogens (tertiary/aromatic N) is 3. The molecular weight excluding hydrogens is 1380 g/mol. The minimum absolute atomic E-state index is 0.686. The number of thiophene rings is 2. The zero-order valence-corrected chi connectivity index (χ0v) is 61.6. The molecule has 4 nitrogen and oxygen atoms in total. The Labute approximate surface area is 646 Å². The van der Waals surface area contributed by atoms with Crippen molar-refractivity contribution in [1.29, 1.82) is 0 Å². The maximum absolute atomic E-state index is 5.91. The zero-order chi connectivity index (χ0) is 73.0. The molecule has 0 saturated carbocycles. The smallest absolute Gasteiger partial charge is 0.227 e. The second-order valence-electron chi connectivity index (χ2n) is 28.8. The standard InChI is InChI=1S/C47H29NS.C29H17NO.C29H17NS/c1-3-12-30(13-4-1)33-23-25-45-42(28-33)43-29-44(31-14-5-2-6-15-31)48-46(47(43)49-45)35-17-11-16-32(26-35)34-22-24-40-38-20-8-7-18-36(38)37-19-9-10-21-39(37)41(40)27-34;1-2-8-22-20(6-1)21-7-3-4-9-23(21)26-16-18(11-13-24(22)26)19-12-14-28-27(17-19)25-10-5-15-30-29(25)31-28;1-2-9-22-20(7-1)21-8-3-4-10-23(21)26-15-18(13-14-24(22)26)19-16-27-25-11-5-6-12-28(25)31-29(27)30-17-19/h1-29H;2*1-17H. The molecule has 0 aliphatic heterocycles. The molecule has 516 valence electrons. The maximum Gasteiger partial charge on any atom is 0.227 e. The summed E-state index contributed by atoms with van der Waals surface area (Å²) >= 11 is 3.59. The lowest BCUT2D eigenvalue weighted by atomic mass is 9.91. The first-order valence-corrected chi connectivity index (χ1v) is 39.3. The Kier molecular flexibility index (Phi) is 15.3. The Morgan fingerprint density at radius 2 is 0.586 bits per heavy atom. The molecule has 0 saturated heterocycles. The van der Waals surface area contributed by atoms with Crippen molar-refractivity contribution < 1.29 is 4.42 Å². The van der Waals surface area contributed by atoms with Crippen LogP contribution in [0.25, 0.3) is 227 Å². The molecule has 0 aliphatic rings. The number of furan rings is 1. The van der Waals surface area contributed by atoms with Crippen molar-refractivity contribution in [2.45, 2.75) is 0 Å². The van der Waals surface area contributed by atoms with E-state index in [2.05, 4.69) is 369 Å². The Morgan fingerprint density at radius 1 is 0.207 bits per heavy atom. The topological polar surface area (TPSA) is 51.8 Å². The first-order chi connectivity index (χ1) is 55.0. The van der Waals surface area contributed by atoms with E-state index >= 15 is 0 Å². The summed E-state index contributed by atoms with van der Waals surface area (Å²) in [6, 6.07) is 134. The van der Waals surface area contributed by atoms with Crippen LogP contribution in [0, 0.1) is 0 Å². The van der Waals surface area contributed by atoms with E-state index in [1.54, 1.807) is 17.5 Å². The summed E-state index contributed by atoms with van der Waals surface area (Å²) in [6.45, 7) is 0. The van der Waals surface area contributed by atoms with Gasteiger partial charge in [0.05, 0.1) is 16.1 Å². The van der Waals surface area contributed by atoms with E-state index in [9.17, 15) is 0 Å². The molecule has 0 spiro atoms. The number of benzene rings is 18. The highest BCUT2D eigenvalue weighted by molar-refractivity contribution is 7.26. The largest absolute Gasteiger partial charge is 0.438 e. The highest BCUT2D eigenvalue weighted by Gasteiger charge is 2.20. The van der Waals surface area contributed by atoms with Crippen LogP contribution in [0.1, 0.15) is 0 Å². The third-order valence-electron chi connectivity index (χ3n) is 22.5. The molecule has 6 heterocycles. The molecule has 0 N–H and O–H groups in total. The van der Waals surface area contributed by atoms with Gasteiger partial charge in [0.25, 0.3) is 0 Å². The van der Waals surface area contributed by atoms with Gasteiger partial charge in [0.15, 0.2) is 0 Å². The second-order valence-corrected chi connectivity index (χ2v) is 30.8. The van der Waals surface area contributed by atoms with Gasteiger partial charge in [-0.05, 0) is 215 Å². The monoisotopic (exact) mass is 1450 g/mol. The molecule has 0 radical (unpaired) electrons. The molecular formula is C105H63N3OS2. The van der Waals surface area contributed by atoms with Crippen LogP contribution in [0.15, 0.2) is 387 Å². The van der Waals surface area contributed by atoms with Crippen molar-refractivity contribution >= 4 is 182 Å². The van der Waals surface area contributed by atoms with Gasteiger partial charge in [-0.15, -0.1) is 22.7 Å². The first-order valence-electron chi connectivity index (χ1n) is 37.7. The average Bonchev–Trinajstić information content (AvgIpc) is 1.74. The molecule has 18 aromatic carbocycles. The predicted molar refractivity (Wildman–Crippen MR) is 476 cm³/mol. The lowest BCUT2D eigenvalue weighted by molar-refractivity contribution is 0.654. The van der Waals surface area contributed by atoms with Crippen molar-refractivity contribution in [2.75, 3.05) is 0 Å². The van der Waals surface area contributed by atoms with Gasteiger partial charge in [0.1, 0.15) is 10.4 Å². The van der Waals surface area contributed by atoms with Crippen molar-refractivity contribution in [1.82, 2.24) is 15.0 Å². The molecule has 24 aromatic rings. The fraction of sp³-hybridized carbons (Fsp3) is 0. The molecule has 111 heavy (non-hydrogen) atoms. The zero-order valence-electron chi connectivity index (χ0n) is 59.9. The van der Waals surface area contributed by atoms with E-state index in [1.165, 1.54) is 172 Å². The predicted octanol–water partition coefficient (Wildman–Crippen LogP) is 30.3. The van der Waals surface area contributed by atoms with Gasteiger partial charge in [-0.25, -0.2) is 15.0 Å². The summed E-state index contributed by atoms with van der Waals surface area (Å²) in [7, 11) is 0. The van der Waals surface area contributed by atoms with Gasteiger partial charge in [0, 0.05) is 70.8 Å². The number of pyridine rings is 3. The maximum atomic E-state index is 5.91. The van der Waals surface area contributed by atoms with Gasteiger partial charge in [-0.1, -0.05) is 291 Å². The SMILES string of the molecule is c1ccc(-c2ccc3sc4c(-c5cccc(-c6ccc7c8ccccc8c8ccccc8c7c6)c5)nc(-c5ccccc5)cc4c3c2)cc1.c1ccc2c(c1)sc1ncc(-c3ccc4c5ccccc5c5ccccc5c4c3)cc12.c1cnc2oc3ccc(-c4ccc5c6ccccc6c6ccccc6c5c4)cc3c2c1. The molecule has 0 aliphatic carbocycles. The van der Waals surface area contributed by atoms with Gasteiger partial charge in [-0.2, -0.15) is 0 Å². The summed E-state index contributed by atoms with van der Waals surface area (Å²) in [5.41, 5.74) is 15.4. The van der Waals surface area contributed by atoms with E-state index in [0.717, 1.165) is 49.3 Å². The van der Waals surface area contributed by atoms with Gasteiger partial charge < -0.3 is 4.42 Å². The van der Waals surface area contributed by atoms with Crippen LogP contribution < -0.4 is 0 Å². The first kappa shape index (κ1) is 64.2. The summed E-state index contributed by atoms with van der Waals surface area (Å²) < 4.78 is 9.69. The van der Waals surface area contributed by atoms with E-state index in [4.69, 9.17) is 14.4 Å². The quantitative estimate of drug-likeness (QED) is 0.156. The van der Waals surface area contributed by atoms with E-state index in [1.807, 2.05) is 23.6 Å². The lowest BCUT2D eigenvalue weighted by Gasteiger charge is -2.13. The van der Waals surface area contributed by atoms with Crippen LogP contribution in [-0.2, 0) is 0 Å². The fourth-order valence-corrected chi connectivity index (χ4v) is 19.4. The van der Waals surface area contributed by atoms with Crippen molar-refractivity contribution in [3.63, 3.8) is 0 Å². The summed E-state index contributed by atoms with van der Waals surface area (Å²) in [5, 5.41) is 30.5. The van der Waals surface area contributed by atoms with Crippen LogP contribution in [0.3, 0.4) is 0 Å². The molecule has 24 rings (SSSR count). The molecule has 0 fully saturated rings. The Hall–Kier alpha value is -14.0. The normalized spacial score (nSPS) is 11.8. The Bertz CT molecular complexity index is 7540. The summed E-state index contributed by atoms with van der Waals surface area (Å²) in [6.07, 6.45) is 3.78. The average molecular weight is 1450 g/mol. The minimum atomic E-state index is 0.686. The van der Waals surface area contributed by atoms with E-state index in [-0.39, 0.29) is 0 Å². The molecule has 0 unspecified atom stereocenters. The number of fused-ring (bicyclic) bond motifs is 27. The molecule has 0 amide bonds. The van der Waals surface area contributed by atoms with Crippen molar-refractivity contribution in [3.8, 4) is 67.0 Å². The minimum Gasteiger partial charge on any atom is -0.438 e. The molecule has 0 atom stereocenters. The van der Waals surface area contributed by atoms with Crippen LogP contribution in [-0.4, -0.2) is 15.0 Å². The lowest BCUT2D eigenvalue weighted by Crippen LogP contribution is -1.90. The number of hydrogen-bond acceptors (Lipinski definition) is 6. The van der Waals surface area contributed by atoms with Crippen molar-refractivity contribution in [2.24, 2.45) is 0 Å². The Morgan fingerprint density at radius 3 is 1.13 bits per heavy atom. The molecule has 6 heteroatoms. The number of aromatic nitrogens is 3.